The van der Waals surface area contributed by atoms with Crippen LogP contribution in [-0.2, 0) is 9.84 Å². The Morgan fingerprint density at radius 3 is 2.69 bits per heavy atom. The van der Waals surface area contributed by atoms with E-state index in [-0.39, 0.29) is 15.8 Å². The first kappa shape index (κ1) is 10.1. The van der Waals surface area contributed by atoms with E-state index in [2.05, 4.69) is 17.2 Å². The molecule has 0 unspecified atom stereocenters. The summed E-state index contributed by atoms with van der Waals surface area (Å²) in [5.41, 5.74) is 5.14. The van der Waals surface area contributed by atoms with Crippen LogP contribution in [0.1, 0.15) is 0 Å². The first-order valence-corrected chi connectivity index (χ1v) is 5.50. The molecule has 0 radical (unpaired) electrons. The molecular weight excluding hydrogens is 208 g/mol. The molecule has 1 aromatic rings. The van der Waals surface area contributed by atoms with Crippen molar-refractivity contribution in [2.75, 3.05) is 5.75 Å². The van der Waals surface area contributed by atoms with E-state index in [0.29, 0.717) is 0 Å². The number of pyridine rings is 1. The van der Waals surface area contributed by atoms with Gasteiger partial charge in [-0.15, -0.1) is 0 Å². The van der Waals surface area contributed by atoms with Crippen molar-refractivity contribution < 1.29 is 8.42 Å². The molecule has 70 valence electrons. The minimum absolute atomic E-state index is 0.00259. The minimum atomic E-state index is -3.44. The molecule has 0 saturated heterocycles. The van der Waals surface area contributed by atoms with Crippen LogP contribution in [0.2, 0.25) is 0 Å². The number of nitrogens with two attached hydrogens (primary N) is 1. The van der Waals surface area contributed by atoms with Crippen molar-refractivity contribution in [2.24, 2.45) is 5.73 Å². The molecule has 0 aliphatic carbocycles. The maximum Gasteiger partial charge on any atom is 0.202 e. The summed E-state index contributed by atoms with van der Waals surface area (Å²) in [4.78, 5) is 3.65. The van der Waals surface area contributed by atoms with Crippen LogP contribution in [0.4, 0.5) is 0 Å². The van der Waals surface area contributed by atoms with Gasteiger partial charge in [0.15, 0.2) is 5.03 Å². The van der Waals surface area contributed by atoms with E-state index in [0.717, 1.165) is 0 Å². The Hall–Kier alpha value is -1.01. The molecule has 0 aromatic carbocycles. The fourth-order valence-corrected chi connectivity index (χ4v) is 2.29. The number of hydrogen-bond donors (Lipinski definition) is 1. The van der Waals surface area contributed by atoms with Crippen molar-refractivity contribution >= 4 is 27.0 Å². The Morgan fingerprint density at radius 1 is 1.54 bits per heavy atom. The SMILES string of the molecule is NC(=S)CS(=O)(=O)c1ccccn1. The number of thiocarbonyl (C=S) groups is 1. The van der Waals surface area contributed by atoms with Gasteiger partial charge in [0.05, 0.1) is 4.99 Å². The number of rotatable bonds is 3. The zero-order valence-electron chi connectivity index (χ0n) is 6.67. The minimum Gasteiger partial charge on any atom is -0.392 e. The van der Waals surface area contributed by atoms with E-state index in [1.165, 1.54) is 12.3 Å². The number of aromatic nitrogens is 1. The Morgan fingerprint density at radius 2 is 2.23 bits per heavy atom. The third-order valence-electron chi connectivity index (χ3n) is 1.29. The molecule has 0 fully saturated rings. The molecule has 0 aliphatic heterocycles. The summed E-state index contributed by atoms with van der Waals surface area (Å²) in [6, 6.07) is 4.65. The standard InChI is InChI=1S/C7H8N2O2S2/c8-6(12)5-13(10,11)7-3-1-2-4-9-7/h1-4H,5H2,(H2,8,12). The van der Waals surface area contributed by atoms with Crippen molar-refractivity contribution in [3.63, 3.8) is 0 Å². The van der Waals surface area contributed by atoms with Crippen LogP contribution < -0.4 is 5.73 Å². The van der Waals surface area contributed by atoms with E-state index in [1.54, 1.807) is 12.1 Å². The molecule has 1 rings (SSSR count). The van der Waals surface area contributed by atoms with Gasteiger partial charge in [-0.25, -0.2) is 13.4 Å². The molecule has 0 atom stereocenters. The highest BCUT2D eigenvalue weighted by molar-refractivity contribution is 7.93. The summed E-state index contributed by atoms with van der Waals surface area (Å²) < 4.78 is 22.8. The van der Waals surface area contributed by atoms with Gasteiger partial charge in [-0.3, -0.25) is 0 Å². The maximum absolute atomic E-state index is 11.4. The van der Waals surface area contributed by atoms with Crippen LogP contribution in [0.15, 0.2) is 29.4 Å². The van der Waals surface area contributed by atoms with Gasteiger partial charge in [-0.05, 0) is 12.1 Å². The van der Waals surface area contributed by atoms with Gasteiger partial charge in [0.1, 0.15) is 5.75 Å². The molecule has 0 aliphatic rings. The zero-order chi connectivity index (χ0) is 9.90. The van der Waals surface area contributed by atoms with Crippen molar-refractivity contribution in [3.05, 3.63) is 24.4 Å². The summed E-state index contributed by atoms with van der Waals surface area (Å²) in [5, 5.41) is 0.00259. The molecule has 1 aromatic heterocycles. The fourth-order valence-electron chi connectivity index (χ4n) is 0.792. The van der Waals surface area contributed by atoms with Crippen LogP contribution in [0.5, 0.6) is 0 Å². The van der Waals surface area contributed by atoms with Gasteiger partial charge < -0.3 is 5.73 Å². The first-order valence-electron chi connectivity index (χ1n) is 3.44. The normalized spacial score (nSPS) is 11.1. The average Bonchev–Trinajstić information content (AvgIpc) is 2.04. The number of sulfone groups is 1. The Labute approximate surface area is 81.7 Å². The quantitative estimate of drug-likeness (QED) is 0.728. The molecule has 0 bridgehead atoms. The van der Waals surface area contributed by atoms with Crippen LogP contribution in [0, 0.1) is 0 Å². The third-order valence-corrected chi connectivity index (χ3v) is 3.19. The van der Waals surface area contributed by atoms with Gasteiger partial charge in [-0.1, -0.05) is 18.3 Å². The maximum atomic E-state index is 11.4. The summed E-state index contributed by atoms with van der Waals surface area (Å²) in [6.45, 7) is 0. The van der Waals surface area contributed by atoms with Gasteiger partial charge >= 0.3 is 0 Å². The third kappa shape index (κ3) is 2.74. The van der Waals surface area contributed by atoms with Crippen molar-refractivity contribution in [1.82, 2.24) is 4.98 Å². The smallest absolute Gasteiger partial charge is 0.202 e. The molecule has 2 N–H and O–H groups in total. The second kappa shape index (κ2) is 3.80. The summed E-state index contributed by atoms with van der Waals surface area (Å²) in [5.74, 6) is -0.334. The highest BCUT2D eigenvalue weighted by Crippen LogP contribution is 2.05. The Kier molecular flexibility index (Phi) is 2.94. The van der Waals surface area contributed by atoms with Gasteiger partial charge in [-0.2, -0.15) is 0 Å². The molecule has 13 heavy (non-hydrogen) atoms. The summed E-state index contributed by atoms with van der Waals surface area (Å²) >= 11 is 4.51. The molecule has 6 heteroatoms. The van der Waals surface area contributed by atoms with Crippen LogP contribution in [0.25, 0.3) is 0 Å². The monoisotopic (exact) mass is 216 g/mol. The zero-order valence-corrected chi connectivity index (χ0v) is 8.31. The lowest BCUT2D eigenvalue weighted by molar-refractivity contribution is 0.596. The largest absolute Gasteiger partial charge is 0.392 e. The van der Waals surface area contributed by atoms with E-state index in [4.69, 9.17) is 5.73 Å². The van der Waals surface area contributed by atoms with E-state index in [9.17, 15) is 8.42 Å². The molecule has 0 saturated carbocycles. The van der Waals surface area contributed by atoms with Crippen LogP contribution in [-0.4, -0.2) is 24.1 Å². The molecule has 4 nitrogen and oxygen atoms in total. The molecule has 0 amide bonds. The molecular formula is C7H8N2O2S2. The first-order chi connectivity index (χ1) is 6.02. The highest BCUT2D eigenvalue weighted by atomic mass is 32.2. The number of nitrogens with zero attached hydrogens (tertiary/aromatic N) is 1. The van der Waals surface area contributed by atoms with Crippen molar-refractivity contribution in [2.45, 2.75) is 5.03 Å². The number of hydrogen-bond acceptors (Lipinski definition) is 4. The van der Waals surface area contributed by atoms with Gasteiger partial charge in [0.25, 0.3) is 0 Å². The van der Waals surface area contributed by atoms with E-state index < -0.39 is 9.84 Å². The lowest BCUT2D eigenvalue weighted by atomic mass is 10.5. The Bertz CT molecular complexity index is 400. The van der Waals surface area contributed by atoms with Crippen molar-refractivity contribution in [3.8, 4) is 0 Å². The van der Waals surface area contributed by atoms with Crippen LogP contribution in [0.3, 0.4) is 0 Å². The lowest BCUT2D eigenvalue weighted by Crippen LogP contribution is -2.21. The second-order valence-electron chi connectivity index (χ2n) is 2.39. The Balaban J connectivity index is 3.02. The summed E-state index contributed by atoms with van der Waals surface area (Å²) in [6.07, 6.45) is 1.41. The van der Waals surface area contributed by atoms with Gasteiger partial charge in [0.2, 0.25) is 9.84 Å². The molecule has 1 heterocycles. The van der Waals surface area contributed by atoms with Gasteiger partial charge in [0, 0.05) is 6.20 Å². The summed E-state index contributed by atoms with van der Waals surface area (Å²) in [7, 11) is -3.44. The van der Waals surface area contributed by atoms with Crippen molar-refractivity contribution in [1.29, 1.82) is 0 Å². The fraction of sp³-hybridized carbons (Fsp3) is 0.143. The second-order valence-corrected chi connectivity index (χ2v) is 4.85. The topological polar surface area (TPSA) is 73.1 Å². The average molecular weight is 216 g/mol. The predicted molar refractivity (Wildman–Crippen MR) is 53.1 cm³/mol. The highest BCUT2D eigenvalue weighted by Gasteiger charge is 2.16. The molecule has 0 spiro atoms. The predicted octanol–water partition coefficient (Wildman–Crippen LogP) is 0.141. The van der Waals surface area contributed by atoms with Crippen LogP contribution >= 0.6 is 12.2 Å². The van der Waals surface area contributed by atoms with E-state index in [1.807, 2.05) is 0 Å². The lowest BCUT2D eigenvalue weighted by Gasteiger charge is -2.00. The van der Waals surface area contributed by atoms with E-state index >= 15 is 0 Å².